The maximum Gasteiger partial charge on any atom is 0.165 e. The first-order valence-electron chi connectivity index (χ1n) is 6.99. The molecule has 1 saturated heterocycles. The highest BCUT2D eigenvalue weighted by atomic mass is 19.1. The first-order chi connectivity index (χ1) is 9.11. The summed E-state index contributed by atoms with van der Waals surface area (Å²) in [7, 11) is 0. The summed E-state index contributed by atoms with van der Waals surface area (Å²) in [5.41, 5.74) is 1.00. The maximum absolute atomic E-state index is 13.8. The topological polar surface area (TPSA) is 24.5 Å². The van der Waals surface area contributed by atoms with Gasteiger partial charge in [0.25, 0.3) is 0 Å². The lowest BCUT2D eigenvalue weighted by Crippen LogP contribution is -2.54. The molecule has 1 aromatic carbocycles. The summed E-state index contributed by atoms with van der Waals surface area (Å²) in [6.45, 7) is 9.52. The predicted molar refractivity (Wildman–Crippen MR) is 74.9 cm³/mol. The molecule has 0 amide bonds. The molecule has 1 fully saturated rings. The SMILES string of the molecule is CCOc1ccc(CN2[C@H](C)CNC[C@@H]2C)cc1F. The van der Waals surface area contributed by atoms with Crippen molar-refractivity contribution in [3.63, 3.8) is 0 Å². The minimum absolute atomic E-state index is 0.269. The Labute approximate surface area is 114 Å². The molecule has 0 radical (unpaired) electrons. The molecule has 3 nitrogen and oxygen atoms in total. The first-order valence-corrected chi connectivity index (χ1v) is 6.99. The fourth-order valence-electron chi connectivity index (χ4n) is 2.61. The Bertz CT molecular complexity index is 415. The van der Waals surface area contributed by atoms with Crippen molar-refractivity contribution in [2.45, 2.75) is 39.4 Å². The number of halogens is 1. The average Bonchev–Trinajstić information content (AvgIpc) is 2.37. The Kier molecular flexibility index (Phi) is 4.77. The third-order valence-electron chi connectivity index (χ3n) is 3.67. The van der Waals surface area contributed by atoms with Gasteiger partial charge in [-0.05, 0) is 38.5 Å². The van der Waals surface area contributed by atoms with Crippen LogP contribution in [0.2, 0.25) is 0 Å². The number of hydrogen-bond acceptors (Lipinski definition) is 3. The summed E-state index contributed by atoms with van der Waals surface area (Å²) in [6, 6.07) is 6.21. The van der Waals surface area contributed by atoms with Gasteiger partial charge >= 0.3 is 0 Å². The van der Waals surface area contributed by atoms with E-state index in [1.54, 1.807) is 12.1 Å². The second-order valence-corrected chi connectivity index (χ2v) is 5.23. The molecule has 0 bridgehead atoms. The van der Waals surface area contributed by atoms with Crippen LogP contribution in [0.15, 0.2) is 18.2 Å². The molecule has 0 saturated carbocycles. The van der Waals surface area contributed by atoms with Crippen molar-refractivity contribution in [1.29, 1.82) is 0 Å². The molecular formula is C15H23FN2O. The van der Waals surface area contributed by atoms with Crippen LogP contribution in [0.1, 0.15) is 26.3 Å². The fourth-order valence-corrected chi connectivity index (χ4v) is 2.61. The molecule has 0 unspecified atom stereocenters. The summed E-state index contributed by atoms with van der Waals surface area (Å²) in [5.74, 6) is 0.0717. The fraction of sp³-hybridized carbons (Fsp3) is 0.600. The van der Waals surface area contributed by atoms with E-state index in [-0.39, 0.29) is 5.82 Å². The molecule has 4 heteroatoms. The molecule has 0 aromatic heterocycles. The largest absolute Gasteiger partial charge is 0.491 e. The standard InChI is InChI=1S/C15H23FN2O/c1-4-19-15-6-5-13(7-14(15)16)10-18-11(2)8-17-9-12(18)3/h5-7,11-12,17H,4,8-10H2,1-3H3/t11-,12+. The van der Waals surface area contributed by atoms with E-state index in [2.05, 4.69) is 24.1 Å². The summed E-state index contributed by atoms with van der Waals surface area (Å²) < 4.78 is 19.1. The monoisotopic (exact) mass is 266 g/mol. The normalized spacial score (nSPS) is 24.4. The van der Waals surface area contributed by atoms with Gasteiger partial charge in [-0.2, -0.15) is 0 Å². The van der Waals surface area contributed by atoms with Crippen LogP contribution in [-0.4, -0.2) is 36.7 Å². The molecule has 1 aliphatic rings. The second kappa shape index (κ2) is 6.35. The third-order valence-corrected chi connectivity index (χ3v) is 3.67. The van der Waals surface area contributed by atoms with Crippen molar-refractivity contribution >= 4 is 0 Å². The first kappa shape index (κ1) is 14.3. The van der Waals surface area contributed by atoms with E-state index in [9.17, 15) is 4.39 Å². The zero-order valence-electron chi connectivity index (χ0n) is 11.9. The van der Waals surface area contributed by atoms with Crippen molar-refractivity contribution in [2.75, 3.05) is 19.7 Å². The molecule has 106 valence electrons. The molecule has 19 heavy (non-hydrogen) atoms. The van der Waals surface area contributed by atoms with Crippen LogP contribution in [0.4, 0.5) is 4.39 Å². The molecule has 1 aromatic rings. The van der Waals surface area contributed by atoms with Crippen molar-refractivity contribution in [2.24, 2.45) is 0 Å². The quantitative estimate of drug-likeness (QED) is 0.905. The molecule has 1 heterocycles. The predicted octanol–water partition coefficient (Wildman–Crippen LogP) is 2.41. The van der Waals surface area contributed by atoms with Gasteiger partial charge in [0.2, 0.25) is 0 Å². The Morgan fingerprint density at radius 1 is 1.32 bits per heavy atom. The number of hydrogen-bond donors (Lipinski definition) is 1. The number of nitrogens with zero attached hydrogens (tertiary/aromatic N) is 1. The average molecular weight is 266 g/mol. The Hall–Kier alpha value is -1.13. The second-order valence-electron chi connectivity index (χ2n) is 5.23. The van der Waals surface area contributed by atoms with Gasteiger partial charge in [-0.25, -0.2) is 4.39 Å². The van der Waals surface area contributed by atoms with Crippen molar-refractivity contribution in [1.82, 2.24) is 10.2 Å². The van der Waals surface area contributed by atoms with E-state index < -0.39 is 0 Å². The van der Waals surface area contributed by atoms with Gasteiger partial charge in [0, 0.05) is 31.7 Å². The van der Waals surface area contributed by atoms with Crippen LogP contribution < -0.4 is 10.1 Å². The molecule has 1 aliphatic heterocycles. The molecule has 0 aliphatic carbocycles. The van der Waals surface area contributed by atoms with E-state index in [0.29, 0.717) is 24.4 Å². The molecule has 0 spiro atoms. The molecule has 2 rings (SSSR count). The van der Waals surface area contributed by atoms with Crippen LogP contribution >= 0.6 is 0 Å². The summed E-state index contributed by atoms with van der Waals surface area (Å²) >= 11 is 0. The summed E-state index contributed by atoms with van der Waals surface area (Å²) in [5, 5.41) is 3.40. The van der Waals surface area contributed by atoms with Gasteiger partial charge < -0.3 is 10.1 Å². The lowest BCUT2D eigenvalue weighted by atomic mass is 10.1. The Morgan fingerprint density at radius 3 is 2.58 bits per heavy atom. The van der Waals surface area contributed by atoms with E-state index in [4.69, 9.17) is 4.74 Å². The number of rotatable bonds is 4. The third kappa shape index (κ3) is 3.45. The van der Waals surface area contributed by atoms with Crippen molar-refractivity contribution in [3.8, 4) is 5.75 Å². The Balaban J connectivity index is 2.08. The van der Waals surface area contributed by atoms with E-state index >= 15 is 0 Å². The van der Waals surface area contributed by atoms with Gasteiger partial charge in [-0.1, -0.05) is 6.07 Å². The maximum atomic E-state index is 13.8. The summed E-state index contributed by atoms with van der Waals surface area (Å²) in [6.07, 6.45) is 0. The molecular weight excluding hydrogens is 243 g/mol. The van der Waals surface area contributed by atoms with Crippen LogP contribution in [0.25, 0.3) is 0 Å². The minimum Gasteiger partial charge on any atom is -0.491 e. The van der Waals surface area contributed by atoms with Gasteiger partial charge in [0.1, 0.15) is 0 Å². The van der Waals surface area contributed by atoms with Gasteiger partial charge in [-0.15, -0.1) is 0 Å². The van der Waals surface area contributed by atoms with Crippen LogP contribution in [0, 0.1) is 5.82 Å². The van der Waals surface area contributed by atoms with Gasteiger partial charge in [0.05, 0.1) is 6.61 Å². The minimum atomic E-state index is -0.269. The lowest BCUT2D eigenvalue weighted by Gasteiger charge is -2.39. The van der Waals surface area contributed by atoms with Crippen LogP contribution in [-0.2, 0) is 6.54 Å². The lowest BCUT2D eigenvalue weighted by molar-refractivity contribution is 0.108. The van der Waals surface area contributed by atoms with E-state index in [0.717, 1.165) is 25.2 Å². The highest BCUT2D eigenvalue weighted by Crippen LogP contribution is 2.21. The Morgan fingerprint density at radius 2 is 2.00 bits per heavy atom. The zero-order valence-corrected chi connectivity index (χ0v) is 11.9. The van der Waals surface area contributed by atoms with Gasteiger partial charge in [-0.3, -0.25) is 4.90 Å². The van der Waals surface area contributed by atoms with E-state index in [1.807, 2.05) is 13.0 Å². The highest BCUT2D eigenvalue weighted by Gasteiger charge is 2.24. The van der Waals surface area contributed by atoms with Crippen molar-refractivity contribution < 1.29 is 9.13 Å². The molecule has 1 N–H and O–H groups in total. The number of ether oxygens (including phenoxy) is 1. The number of benzene rings is 1. The van der Waals surface area contributed by atoms with E-state index in [1.165, 1.54) is 0 Å². The number of piperazine rings is 1. The zero-order chi connectivity index (χ0) is 13.8. The van der Waals surface area contributed by atoms with Gasteiger partial charge in [0.15, 0.2) is 11.6 Å². The highest BCUT2D eigenvalue weighted by molar-refractivity contribution is 5.29. The van der Waals surface area contributed by atoms with Crippen LogP contribution in [0.5, 0.6) is 5.75 Å². The van der Waals surface area contributed by atoms with Crippen molar-refractivity contribution in [3.05, 3.63) is 29.6 Å². The van der Waals surface area contributed by atoms with Crippen LogP contribution in [0.3, 0.4) is 0 Å². The smallest absolute Gasteiger partial charge is 0.165 e. The molecule has 2 atom stereocenters. The number of nitrogens with one attached hydrogen (secondary N) is 1. The summed E-state index contributed by atoms with van der Waals surface area (Å²) in [4.78, 5) is 2.41.